The van der Waals surface area contributed by atoms with Crippen molar-refractivity contribution in [3.63, 3.8) is 0 Å². The van der Waals surface area contributed by atoms with Crippen LogP contribution in [0, 0.1) is 17.8 Å². The van der Waals surface area contributed by atoms with E-state index in [1.165, 1.54) is 0 Å². The monoisotopic (exact) mass is 491 g/mol. The normalized spacial score (nSPS) is 20.6. The molecule has 0 spiro atoms. The quantitative estimate of drug-likeness (QED) is 0.526. The molecule has 3 amide bonds. The first kappa shape index (κ1) is 22.5. The fourth-order valence-corrected chi connectivity index (χ4v) is 6.52. The molecule has 4 aliphatic rings. The lowest BCUT2D eigenvalue weighted by Gasteiger charge is -2.22. The molecule has 2 saturated carbocycles. The van der Waals surface area contributed by atoms with Gasteiger partial charge >= 0.3 is 0 Å². The van der Waals surface area contributed by atoms with Gasteiger partial charge in [0.1, 0.15) is 5.78 Å². The molecule has 8 heteroatoms. The van der Waals surface area contributed by atoms with Gasteiger partial charge in [0.2, 0.25) is 5.91 Å². The Morgan fingerprint density at radius 3 is 2.66 bits per heavy atom. The van der Waals surface area contributed by atoms with Crippen LogP contribution in [0.1, 0.15) is 73.7 Å². The predicted octanol–water partition coefficient (Wildman–Crippen LogP) is 3.40. The standard InChI is InChI=1S/C27H29N3O4S/c31-21(15-3-4-15)11-23-24(27(34)28-12-14-1-2-14)20-10-16(5-8-22(20)35-23)25(32)30-18-6-7-19-17(9-18)13-29-26(19)33/h6-7,9,14-16H,1-5,8,10-13H2,(H,28,34)(H,29,33)(H,30,32). The third-order valence-corrected chi connectivity index (χ3v) is 8.90. The second-order valence-corrected chi connectivity index (χ2v) is 11.5. The average molecular weight is 492 g/mol. The molecule has 3 N–H and O–H groups in total. The first-order valence-electron chi connectivity index (χ1n) is 12.6. The van der Waals surface area contributed by atoms with Gasteiger partial charge in [-0.2, -0.15) is 0 Å². The molecular formula is C27H29N3O4S. The Balaban J connectivity index is 1.21. The summed E-state index contributed by atoms with van der Waals surface area (Å²) in [5, 5.41) is 8.90. The smallest absolute Gasteiger partial charge is 0.252 e. The van der Waals surface area contributed by atoms with Crippen LogP contribution < -0.4 is 16.0 Å². The van der Waals surface area contributed by atoms with E-state index < -0.39 is 0 Å². The Morgan fingerprint density at radius 2 is 1.89 bits per heavy atom. The summed E-state index contributed by atoms with van der Waals surface area (Å²) in [6.45, 7) is 1.15. The number of aryl methyl sites for hydroxylation is 1. The van der Waals surface area contributed by atoms with Gasteiger partial charge in [-0.05, 0) is 80.2 Å². The van der Waals surface area contributed by atoms with Crippen molar-refractivity contribution in [3.8, 4) is 0 Å². The fourth-order valence-electron chi connectivity index (χ4n) is 5.16. The van der Waals surface area contributed by atoms with Gasteiger partial charge in [-0.1, -0.05) is 0 Å². The third-order valence-electron chi connectivity index (χ3n) is 7.60. The molecule has 1 aromatic heterocycles. The maximum Gasteiger partial charge on any atom is 0.252 e. The second kappa shape index (κ2) is 8.90. The van der Waals surface area contributed by atoms with E-state index >= 15 is 0 Å². The van der Waals surface area contributed by atoms with Crippen LogP contribution in [0.15, 0.2) is 18.2 Å². The molecule has 2 fully saturated rings. The fraction of sp³-hybridized carbons (Fsp3) is 0.481. The Hall–Kier alpha value is -3.00. The van der Waals surface area contributed by atoms with E-state index in [9.17, 15) is 19.2 Å². The minimum atomic E-state index is -0.243. The molecule has 1 atom stereocenters. The number of nitrogens with one attached hydrogen (secondary N) is 3. The van der Waals surface area contributed by atoms with Crippen LogP contribution in [0.4, 0.5) is 5.69 Å². The Labute approximate surface area is 208 Å². The Morgan fingerprint density at radius 1 is 1.06 bits per heavy atom. The first-order chi connectivity index (χ1) is 17.0. The van der Waals surface area contributed by atoms with Gasteiger partial charge in [0, 0.05) is 52.4 Å². The predicted molar refractivity (Wildman–Crippen MR) is 133 cm³/mol. The largest absolute Gasteiger partial charge is 0.352 e. The summed E-state index contributed by atoms with van der Waals surface area (Å²) in [5.74, 6) is 0.474. The zero-order valence-electron chi connectivity index (χ0n) is 19.6. The molecule has 182 valence electrons. The average Bonchev–Trinajstić information content (AvgIpc) is 3.77. The van der Waals surface area contributed by atoms with Gasteiger partial charge in [-0.25, -0.2) is 0 Å². The number of Topliss-reactive ketones (excluding diaryl/α,β-unsaturated/α-hetero) is 1. The number of carbonyl (C=O) groups is 4. The van der Waals surface area contributed by atoms with Crippen molar-refractivity contribution in [1.29, 1.82) is 0 Å². The van der Waals surface area contributed by atoms with Crippen LogP contribution >= 0.6 is 11.3 Å². The van der Waals surface area contributed by atoms with E-state index in [0.29, 0.717) is 55.1 Å². The van der Waals surface area contributed by atoms with Crippen LogP contribution in [0.2, 0.25) is 0 Å². The number of thiophene rings is 1. The van der Waals surface area contributed by atoms with Crippen molar-refractivity contribution in [1.82, 2.24) is 10.6 Å². The van der Waals surface area contributed by atoms with E-state index in [-0.39, 0.29) is 35.3 Å². The topological polar surface area (TPSA) is 104 Å². The number of hydrogen-bond donors (Lipinski definition) is 3. The molecule has 1 aromatic carbocycles. The number of amides is 3. The van der Waals surface area contributed by atoms with E-state index in [1.807, 2.05) is 6.07 Å². The van der Waals surface area contributed by atoms with E-state index in [4.69, 9.17) is 0 Å². The number of ketones is 1. The molecule has 7 nitrogen and oxygen atoms in total. The number of fused-ring (bicyclic) bond motifs is 2. The summed E-state index contributed by atoms with van der Waals surface area (Å²) in [6.07, 6.45) is 6.52. The van der Waals surface area contributed by atoms with E-state index in [2.05, 4.69) is 16.0 Å². The highest BCUT2D eigenvalue weighted by Gasteiger charge is 2.35. The minimum absolute atomic E-state index is 0.0703. The number of anilines is 1. The van der Waals surface area contributed by atoms with Crippen LogP contribution in [0.5, 0.6) is 0 Å². The summed E-state index contributed by atoms with van der Waals surface area (Å²) in [6, 6.07) is 5.36. The van der Waals surface area contributed by atoms with E-state index in [0.717, 1.165) is 53.0 Å². The molecule has 3 aliphatic carbocycles. The molecular weight excluding hydrogens is 462 g/mol. The van der Waals surface area contributed by atoms with Crippen molar-refractivity contribution in [2.45, 2.75) is 57.9 Å². The Kier molecular flexibility index (Phi) is 5.71. The number of carbonyl (C=O) groups excluding carboxylic acids is 4. The lowest BCUT2D eigenvalue weighted by Crippen LogP contribution is -2.31. The highest BCUT2D eigenvalue weighted by Crippen LogP contribution is 2.39. The maximum atomic E-state index is 13.3. The van der Waals surface area contributed by atoms with Crippen LogP contribution in [-0.2, 0) is 35.4 Å². The maximum absolute atomic E-state index is 13.3. The van der Waals surface area contributed by atoms with Crippen molar-refractivity contribution in [2.24, 2.45) is 17.8 Å². The van der Waals surface area contributed by atoms with Crippen LogP contribution in [0.3, 0.4) is 0 Å². The second-order valence-electron chi connectivity index (χ2n) is 10.4. The summed E-state index contributed by atoms with van der Waals surface area (Å²) >= 11 is 1.59. The van der Waals surface area contributed by atoms with Crippen molar-refractivity contribution >= 4 is 40.5 Å². The molecule has 35 heavy (non-hydrogen) atoms. The van der Waals surface area contributed by atoms with Gasteiger partial charge < -0.3 is 16.0 Å². The zero-order valence-corrected chi connectivity index (χ0v) is 20.4. The highest BCUT2D eigenvalue weighted by atomic mass is 32.1. The first-order valence-corrected chi connectivity index (χ1v) is 13.4. The van der Waals surface area contributed by atoms with Gasteiger partial charge in [0.15, 0.2) is 0 Å². The van der Waals surface area contributed by atoms with Crippen LogP contribution in [0.25, 0.3) is 0 Å². The van der Waals surface area contributed by atoms with Crippen molar-refractivity contribution in [3.05, 3.63) is 50.2 Å². The lowest BCUT2D eigenvalue weighted by atomic mass is 9.85. The molecule has 6 rings (SSSR count). The molecule has 0 saturated heterocycles. The summed E-state index contributed by atoms with van der Waals surface area (Å²) in [7, 11) is 0. The van der Waals surface area contributed by atoms with Crippen molar-refractivity contribution < 1.29 is 19.2 Å². The highest BCUT2D eigenvalue weighted by molar-refractivity contribution is 7.12. The van der Waals surface area contributed by atoms with Crippen LogP contribution in [-0.4, -0.2) is 30.0 Å². The van der Waals surface area contributed by atoms with Crippen molar-refractivity contribution in [2.75, 3.05) is 11.9 Å². The zero-order chi connectivity index (χ0) is 24.1. The minimum Gasteiger partial charge on any atom is -0.352 e. The molecule has 2 aromatic rings. The van der Waals surface area contributed by atoms with E-state index in [1.54, 1.807) is 23.5 Å². The SMILES string of the molecule is O=C1NCc2cc(NC(=O)C3CCc4sc(CC(=O)C5CC5)c(C(=O)NCC5CC5)c4C3)ccc21. The summed E-state index contributed by atoms with van der Waals surface area (Å²) in [4.78, 5) is 52.8. The third kappa shape index (κ3) is 4.63. The molecule has 1 unspecified atom stereocenters. The molecule has 1 aliphatic heterocycles. The number of benzene rings is 1. The number of hydrogen-bond acceptors (Lipinski definition) is 5. The summed E-state index contributed by atoms with van der Waals surface area (Å²) < 4.78 is 0. The molecule has 2 heterocycles. The van der Waals surface area contributed by atoms with Gasteiger partial charge in [0.25, 0.3) is 11.8 Å². The number of rotatable bonds is 8. The Bertz CT molecular complexity index is 1240. The molecule has 0 bridgehead atoms. The van der Waals surface area contributed by atoms with Gasteiger partial charge in [0.05, 0.1) is 5.56 Å². The molecule has 0 radical (unpaired) electrons. The van der Waals surface area contributed by atoms with Gasteiger partial charge in [-0.3, -0.25) is 19.2 Å². The van der Waals surface area contributed by atoms with Gasteiger partial charge in [-0.15, -0.1) is 11.3 Å². The lowest BCUT2D eigenvalue weighted by molar-refractivity contribution is -0.120. The summed E-state index contributed by atoms with van der Waals surface area (Å²) in [5.41, 5.74) is 3.82.